The maximum Gasteiger partial charge on any atom is 0.103 e. The van der Waals surface area contributed by atoms with Crippen LogP contribution in [0.1, 0.15) is 55.7 Å². The van der Waals surface area contributed by atoms with E-state index in [0.29, 0.717) is 17.7 Å². The third-order valence-corrected chi connectivity index (χ3v) is 4.65. The van der Waals surface area contributed by atoms with E-state index in [1.165, 1.54) is 43.2 Å². The van der Waals surface area contributed by atoms with Gasteiger partial charge in [-0.15, -0.1) is 0 Å². The number of rotatable bonds is 5. The fourth-order valence-corrected chi connectivity index (χ4v) is 3.11. The Morgan fingerprint density at radius 3 is 2.85 bits per heavy atom. The molecule has 2 atom stereocenters. The van der Waals surface area contributed by atoms with Crippen LogP contribution in [0.4, 0.5) is 0 Å². The normalized spacial score (nSPS) is 22.7. The number of benzene rings is 1. The van der Waals surface area contributed by atoms with Gasteiger partial charge in [-0.2, -0.15) is 0 Å². The summed E-state index contributed by atoms with van der Waals surface area (Å²) in [4.78, 5) is 0.457. The predicted octanol–water partition coefficient (Wildman–Crippen LogP) is 4.11. The SMILES string of the molecule is CCC1CCCC(OCc2ccc(C(N)=S)cc2C)C1. The minimum absolute atomic E-state index is 0.434. The van der Waals surface area contributed by atoms with Crippen molar-refractivity contribution in [1.29, 1.82) is 0 Å². The first-order valence-corrected chi connectivity index (χ1v) is 8.02. The minimum atomic E-state index is 0.434. The Kier molecular flexibility index (Phi) is 5.55. The predicted molar refractivity (Wildman–Crippen MR) is 87.9 cm³/mol. The monoisotopic (exact) mass is 291 g/mol. The third kappa shape index (κ3) is 4.03. The summed E-state index contributed by atoms with van der Waals surface area (Å²) in [7, 11) is 0. The van der Waals surface area contributed by atoms with Crippen molar-refractivity contribution < 1.29 is 4.74 Å². The molecule has 3 heteroatoms. The fourth-order valence-electron chi connectivity index (χ4n) is 2.98. The summed E-state index contributed by atoms with van der Waals surface area (Å²) >= 11 is 5.00. The molecule has 1 aliphatic carbocycles. The number of hydrogen-bond donors (Lipinski definition) is 1. The van der Waals surface area contributed by atoms with Crippen molar-refractivity contribution >= 4 is 17.2 Å². The zero-order valence-corrected chi connectivity index (χ0v) is 13.3. The molecule has 2 N–H and O–H groups in total. The van der Waals surface area contributed by atoms with Crippen LogP contribution in [0, 0.1) is 12.8 Å². The summed E-state index contributed by atoms with van der Waals surface area (Å²) in [6.07, 6.45) is 6.83. The van der Waals surface area contributed by atoms with Crippen LogP contribution >= 0.6 is 12.2 Å². The van der Waals surface area contributed by atoms with Crippen LogP contribution in [0.3, 0.4) is 0 Å². The van der Waals surface area contributed by atoms with E-state index in [0.717, 1.165) is 11.5 Å². The van der Waals surface area contributed by atoms with Crippen LogP contribution in [-0.2, 0) is 11.3 Å². The topological polar surface area (TPSA) is 35.2 Å². The zero-order valence-electron chi connectivity index (χ0n) is 12.5. The van der Waals surface area contributed by atoms with E-state index in [1.54, 1.807) is 0 Å². The molecule has 0 heterocycles. The molecule has 1 aliphatic rings. The molecule has 0 bridgehead atoms. The van der Waals surface area contributed by atoms with Crippen LogP contribution in [0.15, 0.2) is 18.2 Å². The van der Waals surface area contributed by atoms with Crippen LogP contribution in [0.2, 0.25) is 0 Å². The van der Waals surface area contributed by atoms with Crippen LogP contribution < -0.4 is 5.73 Å². The van der Waals surface area contributed by atoms with Gasteiger partial charge in [-0.25, -0.2) is 0 Å². The Balaban J connectivity index is 1.92. The smallest absolute Gasteiger partial charge is 0.103 e. The zero-order chi connectivity index (χ0) is 14.5. The largest absolute Gasteiger partial charge is 0.389 e. The highest BCUT2D eigenvalue weighted by Gasteiger charge is 2.21. The van der Waals surface area contributed by atoms with Gasteiger partial charge in [-0.1, -0.05) is 50.5 Å². The van der Waals surface area contributed by atoms with E-state index in [2.05, 4.69) is 26.0 Å². The van der Waals surface area contributed by atoms with E-state index in [9.17, 15) is 0 Å². The number of ether oxygens (including phenoxy) is 1. The standard InChI is InChI=1S/C17H25NOS/c1-3-13-5-4-6-16(10-13)19-11-15-8-7-14(17(18)20)9-12(15)2/h7-9,13,16H,3-6,10-11H2,1-2H3,(H2,18,20). The molecule has 110 valence electrons. The van der Waals surface area contributed by atoms with Gasteiger partial charge in [0.2, 0.25) is 0 Å². The molecule has 20 heavy (non-hydrogen) atoms. The van der Waals surface area contributed by atoms with Gasteiger partial charge in [0.15, 0.2) is 0 Å². The fraction of sp³-hybridized carbons (Fsp3) is 0.588. The van der Waals surface area contributed by atoms with Crippen molar-refractivity contribution in [3.05, 3.63) is 34.9 Å². The second-order valence-electron chi connectivity index (χ2n) is 5.88. The maximum atomic E-state index is 6.12. The van der Waals surface area contributed by atoms with E-state index in [1.807, 2.05) is 6.07 Å². The second-order valence-corrected chi connectivity index (χ2v) is 6.32. The molecule has 2 unspecified atom stereocenters. The Bertz CT molecular complexity index is 472. The van der Waals surface area contributed by atoms with Crippen molar-refractivity contribution in [1.82, 2.24) is 0 Å². The molecule has 1 saturated carbocycles. The van der Waals surface area contributed by atoms with Crippen molar-refractivity contribution in [3.63, 3.8) is 0 Å². The van der Waals surface area contributed by atoms with Gasteiger partial charge in [0.05, 0.1) is 12.7 Å². The molecule has 1 aromatic rings. The first kappa shape index (κ1) is 15.5. The summed E-state index contributed by atoms with van der Waals surface area (Å²) in [6.45, 7) is 5.08. The van der Waals surface area contributed by atoms with Crippen molar-refractivity contribution in [2.24, 2.45) is 11.7 Å². The second kappa shape index (κ2) is 7.19. The molecule has 0 amide bonds. The molecular formula is C17H25NOS. The lowest BCUT2D eigenvalue weighted by molar-refractivity contribution is 0.00158. The minimum Gasteiger partial charge on any atom is -0.389 e. The van der Waals surface area contributed by atoms with Gasteiger partial charge in [0.1, 0.15) is 4.99 Å². The highest BCUT2D eigenvalue weighted by atomic mass is 32.1. The van der Waals surface area contributed by atoms with Crippen molar-refractivity contribution in [2.75, 3.05) is 0 Å². The Morgan fingerprint density at radius 2 is 2.20 bits per heavy atom. The summed E-state index contributed by atoms with van der Waals surface area (Å²) in [5, 5.41) is 0. The quantitative estimate of drug-likeness (QED) is 0.829. The van der Waals surface area contributed by atoms with Gasteiger partial charge in [-0.3, -0.25) is 0 Å². The van der Waals surface area contributed by atoms with Crippen LogP contribution in [0.5, 0.6) is 0 Å². The van der Waals surface area contributed by atoms with Gasteiger partial charge < -0.3 is 10.5 Å². The molecule has 0 aromatic heterocycles. The van der Waals surface area contributed by atoms with Crippen molar-refractivity contribution in [2.45, 2.75) is 58.7 Å². The van der Waals surface area contributed by atoms with Gasteiger partial charge in [-0.05, 0) is 42.9 Å². The molecule has 2 rings (SSSR count). The van der Waals surface area contributed by atoms with Crippen LogP contribution in [-0.4, -0.2) is 11.1 Å². The summed E-state index contributed by atoms with van der Waals surface area (Å²) < 4.78 is 6.12. The molecular weight excluding hydrogens is 266 g/mol. The number of hydrogen-bond acceptors (Lipinski definition) is 2. The van der Waals surface area contributed by atoms with Crippen LogP contribution in [0.25, 0.3) is 0 Å². The number of thiocarbonyl (C=S) groups is 1. The Labute approximate surface area is 127 Å². The maximum absolute atomic E-state index is 6.12. The molecule has 0 radical (unpaired) electrons. The van der Waals surface area contributed by atoms with E-state index >= 15 is 0 Å². The molecule has 0 saturated heterocycles. The number of aryl methyl sites for hydroxylation is 1. The first-order valence-electron chi connectivity index (χ1n) is 7.61. The summed E-state index contributed by atoms with van der Waals surface area (Å²) in [5.41, 5.74) is 9.04. The summed E-state index contributed by atoms with van der Waals surface area (Å²) in [6, 6.07) is 6.13. The lowest BCUT2D eigenvalue weighted by atomic mass is 9.85. The average Bonchev–Trinajstić information content (AvgIpc) is 2.46. The van der Waals surface area contributed by atoms with Gasteiger partial charge >= 0.3 is 0 Å². The molecule has 2 nitrogen and oxygen atoms in total. The van der Waals surface area contributed by atoms with E-state index in [-0.39, 0.29) is 0 Å². The first-order chi connectivity index (χ1) is 9.60. The lowest BCUT2D eigenvalue weighted by Crippen LogP contribution is -2.22. The molecule has 1 fully saturated rings. The highest BCUT2D eigenvalue weighted by molar-refractivity contribution is 7.80. The Hall–Kier alpha value is -0.930. The molecule has 1 aromatic carbocycles. The Morgan fingerprint density at radius 1 is 1.40 bits per heavy atom. The lowest BCUT2D eigenvalue weighted by Gasteiger charge is -2.28. The van der Waals surface area contributed by atoms with E-state index < -0.39 is 0 Å². The van der Waals surface area contributed by atoms with Crippen molar-refractivity contribution in [3.8, 4) is 0 Å². The highest BCUT2D eigenvalue weighted by Crippen LogP contribution is 2.29. The molecule has 0 aliphatic heterocycles. The average molecular weight is 291 g/mol. The number of nitrogens with two attached hydrogens (primary N) is 1. The van der Waals surface area contributed by atoms with Gasteiger partial charge in [0.25, 0.3) is 0 Å². The van der Waals surface area contributed by atoms with E-state index in [4.69, 9.17) is 22.7 Å². The van der Waals surface area contributed by atoms with Gasteiger partial charge in [0, 0.05) is 5.56 Å². The summed E-state index contributed by atoms with van der Waals surface area (Å²) in [5.74, 6) is 0.854. The molecule has 0 spiro atoms. The third-order valence-electron chi connectivity index (χ3n) is 4.41.